The Hall–Kier alpha value is -1.39. The zero-order valence-electron chi connectivity index (χ0n) is 13.5. The van der Waals surface area contributed by atoms with Crippen molar-refractivity contribution in [2.75, 3.05) is 13.7 Å². The molecule has 1 aromatic carbocycles. The van der Waals surface area contributed by atoms with Gasteiger partial charge >= 0.3 is 5.97 Å². The van der Waals surface area contributed by atoms with Gasteiger partial charge in [0.15, 0.2) is 0 Å². The zero-order valence-corrected chi connectivity index (χ0v) is 13.5. The van der Waals surface area contributed by atoms with E-state index in [0.29, 0.717) is 0 Å². The SMILES string of the molecule is CCCCNC(CC(=O)OC)C(O)c1cc(C)ccc1C. The summed E-state index contributed by atoms with van der Waals surface area (Å²) >= 11 is 0. The first-order valence-corrected chi connectivity index (χ1v) is 7.55. The summed E-state index contributed by atoms with van der Waals surface area (Å²) < 4.78 is 4.74. The van der Waals surface area contributed by atoms with E-state index < -0.39 is 6.10 Å². The molecule has 0 saturated carbocycles. The third-order valence-corrected chi connectivity index (χ3v) is 3.69. The first-order valence-electron chi connectivity index (χ1n) is 7.55. The average Bonchev–Trinajstić information content (AvgIpc) is 2.48. The summed E-state index contributed by atoms with van der Waals surface area (Å²) in [6.45, 7) is 6.85. The summed E-state index contributed by atoms with van der Waals surface area (Å²) in [7, 11) is 1.37. The normalized spacial score (nSPS) is 13.8. The van der Waals surface area contributed by atoms with Crippen LogP contribution >= 0.6 is 0 Å². The fourth-order valence-corrected chi connectivity index (χ4v) is 2.32. The molecule has 4 nitrogen and oxygen atoms in total. The number of benzene rings is 1. The van der Waals surface area contributed by atoms with Gasteiger partial charge in [0.2, 0.25) is 0 Å². The molecule has 21 heavy (non-hydrogen) atoms. The van der Waals surface area contributed by atoms with E-state index in [9.17, 15) is 9.90 Å². The molecule has 0 aliphatic rings. The molecule has 0 heterocycles. The van der Waals surface area contributed by atoms with E-state index in [2.05, 4.69) is 12.2 Å². The lowest BCUT2D eigenvalue weighted by Gasteiger charge is -2.25. The fourth-order valence-electron chi connectivity index (χ4n) is 2.32. The lowest BCUT2D eigenvalue weighted by Crippen LogP contribution is -2.38. The molecule has 2 unspecified atom stereocenters. The van der Waals surface area contributed by atoms with Gasteiger partial charge in [-0.15, -0.1) is 0 Å². The van der Waals surface area contributed by atoms with Crippen LogP contribution in [0.4, 0.5) is 0 Å². The molecule has 0 radical (unpaired) electrons. The van der Waals surface area contributed by atoms with Crippen LogP contribution in [0.15, 0.2) is 18.2 Å². The molecule has 0 spiro atoms. The van der Waals surface area contributed by atoms with Gasteiger partial charge in [0.25, 0.3) is 0 Å². The maximum Gasteiger partial charge on any atom is 0.307 e. The number of methoxy groups -OCH3 is 1. The van der Waals surface area contributed by atoms with Crippen molar-refractivity contribution >= 4 is 5.97 Å². The highest BCUT2D eigenvalue weighted by Crippen LogP contribution is 2.24. The Kier molecular flexibility index (Phi) is 7.40. The van der Waals surface area contributed by atoms with Crippen molar-refractivity contribution in [2.45, 2.75) is 52.2 Å². The number of aliphatic hydroxyl groups is 1. The molecule has 0 aliphatic carbocycles. The Balaban J connectivity index is 2.88. The third kappa shape index (κ3) is 5.48. The summed E-state index contributed by atoms with van der Waals surface area (Å²) in [6.07, 6.45) is 1.52. The zero-order chi connectivity index (χ0) is 15.8. The van der Waals surface area contributed by atoms with E-state index in [4.69, 9.17) is 4.74 Å². The van der Waals surface area contributed by atoms with Crippen molar-refractivity contribution in [1.82, 2.24) is 5.32 Å². The topological polar surface area (TPSA) is 58.6 Å². The summed E-state index contributed by atoms with van der Waals surface area (Å²) in [5.74, 6) is -0.312. The second kappa shape index (κ2) is 8.80. The lowest BCUT2D eigenvalue weighted by molar-refractivity contribution is -0.142. The highest BCUT2D eigenvalue weighted by molar-refractivity contribution is 5.70. The van der Waals surface area contributed by atoms with Crippen LogP contribution in [0, 0.1) is 13.8 Å². The summed E-state index contributed by atoms with van der Waals surface area (Å²) in [5.41, 5.74) is 2.99. The number of carbonyl (C=O) groups excluding carboxylic acids is 1. The van der Waals surface area contributed by atoms with Gasteiger partial charge in [-0.3, -0.25) is 4.79 Å². The van der Waals surface area contributed by atoms with Gasteiger partial charge in [-0.05, 0) is 37.9 Å². The van der Waals surface area contributed by atoms with Crippen molar-refractivity contribution in [3.05, 3.63) is 34.9 Å². The molecule has 0 aliphatic heterocycles. The molecule has 2 N–H and O–H groups in total. The smallest absolute Gasteiger partial charge is 0.307 e. The van der Waals surface area contributed by atoms with Gasteiger partial charge in [-0.2, -0.15) is 0 Å². The Morgan fingerprint density at radius 2 is 2.10 bits per heavy atom. The highest BCUT2D eigenvalue weighted by atomic mass is 16.5. The van der Waals surface area contributed by atoms with E-state index in [1.54, 1.807) is 0 Å². The summed E-state index contributed by atoms with van der Waals surface area (Å²) in [5, 5.41) is 13.9. The predicted octanol–water partition coefficient (Wildman–Crippen LogP) is 2.66. The van der Waals surface area contributed by atoms with Gasteiger partial charge in [-0.1, -0.05) is 37.1 Å². The van der Waals surface area contributed by atoms with Crippen LogP contribution in [0.2, 0.25) is 0 Å². The summed E-state index contributed by atoms with van der Waals surface area (Å²) in [4.78, 5) is 11.6. The van der Waals surface area contributed by atoms with E-state index in [1.165, 1.54) is 7.11 Å². The average molecular weight is 293 g/mol. The molecule has 2 atom stereocenters. The number of unbranched alkanes of at least 4 members (excludes halogenated alkanes) is 1. The van der Waals surface area contributed by atoms with E-state index in [1.807, 2.05) is 32.0 Å². The lowest BCUT2D eigenvalue weighted by atomic mass is 9.94. The number of aliphatic hydroxyl groups excluding tert-OH is 1. The van der Waals surface area contributed by atoms with Gasteiger partial charge in [0.1, 0.15) is 0 Å². The number of aryl methyl sites for hydroxylation is 2. The van der Waals surface area contributed by atoms with Gasteiger partial charge in [0.05, 0.1) is 19.6 Å². The molecule has 4 heteroatoms. The van der Waals surface area contributed by atoms with Crippen LogP contribution in [-0.4, -0.2) is 30.8 Å². The van der Waals surface area contributed by atoms with Crippen LogP contribution in [0.3, 0.4) is 0 Å². The maximum atomic E-state index is 11.6. The second-order valence-corrected chi connectivity index (χ2v) is 5.50. The monoisotopic (exact) mass is 293 g/mol. The molecule has 0 fully saturated rings. The molecule has 0 saturated heterocycles. The number of hydrogen-bond donors (Lipinski definition) is 2. The first kappa shape index (κ1) is 17.7. The van der Waals surface area contributed by atoms with Crippen LogP contribution < -0.4 is 5.32 Å². The summed E-state index contributed by atoms with van der Waals surface area (Å²) in [6, 6.07) is 5.66. The van der Waals surface area contributed by atoms with Crippen molar-refractivity contribution in [3.63, 3.8) is 0 Å². The van der Waals surface area contributed by atoms with Gasteiger partial charge in [0, 0.05) is 6.04 Å². The van der Waals surface area contributed by atoms with Crippen molar-refractivity contribution in [1.29, 1.82) is 0 Å². The quantitative estimate of drug-likeness (QED) is 0.571. The van der Waals surface area contributed by atoms with E-state index in [0.717, 1.165) is 36.1 Å². The Morgan fingerprint density at radius 3 is 2.71 bits per heavy atom. The molecular formula is C17H27NO3. The minimum absolute atomic E-state index is 0.161. The van der Waals surface area contributed by atoms with Crippen LogP contribution in [0.25, 0.3) is 0 Å². The third-order valence-electron chi connectivity index (χ3n) is 3.69. The number of rotatable bonds is 8. The molecule has 0 aromatic heterocycles. The first-order chi connectivity index (χ1) is 9.99. The maximum absolute atomic E-state index is 11.6. The Morgan fingerprint density at radius 1 is 1.38 bits per heavy atom. The molecule has 1 aromatic rings. The van der Waals surface area contributed by atoms with E-state index >= 15 is 0 Å². The van der Waals surface area contributed by atoms with Gasteiger partial charge in [-0.25, -0.2) is 0 Å². The minimum atomic E-state index is -0.721. The highest BCUT2D eigenvalue weighted by Gasteiger charge is 2.24. The molecule has 0 amide bonds. The van der Waals surface area contributed by atoms with Crippen LogP contribution in [0.1, 0.15) is 49.0 Å². The Labute approximate surface area is 127 Å². The predicted molar refractivity (Wildman–Crippen MR) is 84.2 cm³/mol. The number of hydrogen-bond acceptors (Lipinski definition) is 4. The number of carbonyl (C=O) groups is 1. The van der Waals surface area contributed by atoms with Crippen molar-refractivity contribution in [2.24, 2.45) is 0 Å². The molecular weight excluding hydrogens is 266 g/mol. The number of esters is 1. The van der Waals surface area contributed by atoms with Gasteiger partial charge < -0.3 is 15.2 Å². The molecule has 1 rings (SSSR count). The van der Waals surface area contributed by atoms with Crippen LogP contribution in [-0.2, 0) is 9.53 Å². The Bertz CT molecular complexity index is 459. The largest absolute Gasteiger partial charge is 0.469 e. The number of nitrogens with one attached hydrogen (secondary N) is 1. The molecule has 118 valence electrons. The van der Waals surface area contributed by atoms with Crippen molar-refractivity contribution in [3.8, 4) is 0 Å². The molecule has 0 bridgehead atoms. The van der Waals surface area contributed by atoms with Crippen molar-refractivity contribution < 1.29 is 14.6 Å². The standard InChI is InChI=1S/C17H27NO3/c1-5-6-9-18-15(11-16(19)21-4)17(20)14-10-12(2)7-8-13(14)3/h7-8,10,15,17-18,20H,5-6,9,11H2,1-4H3. The van der Waals surface area contributed by atoms with Crippen LogP contribution in [0.5, 0.6) is 0 Å². The fraction of sp³-hybridized carbons (Fsp3) is 0.588. The minimum Gasteiger partial charge on any atom is -0.469 e. The number of ether oxygens (including phenoxy) is 1. The van der Waals surface area contributed by atoms with E-state index in [-0.39, 0.29) is 18.4 Å². The second-order valence-electron chi connectivity index (χ2n) is 5.50.